The quantitative estimate of drug-likeness (QED) is 0.820. The zero-order chi connectivity index (χ0) is 13.2. The van der Waals surface area contributed by atoms with Crippen LogP contribution in [-0.4, -0.2) is 12.2 Å². The van der Waals surface area contributed by atoms with E-state index >= 15 is 0 Å². The summed E-state index contributed by atoms with van der Waals surface area (Å²) in [7, 11) is 1.63. The van der Waals surface area contributed by atoms with Crippen LogP contribution in [0.5, 0.6) is 5.75 Å². The Morgan fingerprint density at radius 2 is 1.79 bits per heavy atom. The van der Waals surface area contributed by atoms with Gasteiger partial charge in [0.15, 0.2) is 0 Å². The molecule has 0 unspecified atom stereocenters. The van der Waals surface area contributed by atoms with Crippen LogP contribution in [0.1, 0.15) is 16.7 Å². The van der Waals surface area contributed by atoms with Gasteiger partial charge in [0, 0.05) is 12.2 Å². The molecule has 0 bridgehead atoms. The Morgan fingerprint density at radius 3 is 2.53 bits per heavy atom. The number of fused-ring (bicyclic) bond motifs is 1. The maximum Gasteiger partial charge on any atom is 0.118 e. The standard InChI is InChI=1S/C16H14NO2/c1-19-15-8-6-12(7-9-15)16-10-13-4-2-3-5-14(13)11-17(16)18/h2-10H,11H2,1H3/q-1. The van der Waals surface area contributed by atoms with E-state index in [2.05, 4.69) is 0 Å². The van der Waals surface area contributed by atoms with E-state index in [1.54, 1.807) is 7.11 Å². The Bertz CT molecular complexity index is 617. The molecule has 0 aromatic heterocycles. The second-order valence-corrected chi connectivity index (χ2v) is 4.49. The number of ether oxygens (including phenoxy) is 1. The molecule has 0 atom stereocenters. The van der Waals surface area contributed by atoms with Crippen molar-refractivity contribution < 1.29 is 4.74 Å². The molecule has 96 valence electrons. The summed E-state index contributed by atoms with van der Waals surface area (Å²) >= 11 is 0. The number of hydroxylamine groups is 2. The minimum absolute atomic E-state index is 0.397. The second-order valence-electron chi connectivity index (χ2n) is 4.49. The first-order valence-electron chi connectivity index (χ1n) is 6.16. The summed E-state index contributed by atoms with van der Waals surface area (Å²) in [6.07, 6.45) is 1.94. The van der Waals surface area contributed by atoms with Gasteiger partial charge in [0.25, 0.3) is 0 Å². The molecule has 3 nitrogen and oxygen atoms in total. The molecule has 0 N–H and O–H groups in total. The molecule has 0 fully saturated rings. The van der Waals surface area contributed by atoms with Crippen molar-refractivity contribution in [1.82, 2.24) is 5.06 Å². The Labute approximate surface area is 112 Å². The molecule has 1 heterocycles. The molecule has 0 spiro atoms. The van der Waals surface area contributed by atoms with Gasteiger partial charge in [0.05, 0.1) is 7.11 Å². The fourth-order valence-electron chi connectivity index (χ4n) is 2.27. The number of methoxy groups -OCH3 is 1. The van der Waals surface area contributed by atoms with Crippen LogP contribution in [0.15, 0.2) is 48.5 Å². The lowest BCUT2D eigenvalue weighted by molar-refractivity contribution is 0.414. The third-order valence-corrected chi connectivity index (χ3v) is 3.32. The molecule has 0 saturated heterocycles. The first-order chi connectivity index (χ1) is 9.28. The van der Waals surface area contributed by atoms with E-state index in [4.69, 9.17) is 4.74 Å². The van der Waals surface area contributed by atoms with Crippen LogP contribution in [0, 0.1) is 5.21 Å². The first kappa shape index (κ1) is 11.8. The lowest BCUT2D eigenvalue weighted by Gasteiger charge is -2.37. The summed E-state index contributed by atoms with van der Waals surface area (Å²) in [4.78, 5) is 0. The predicted molar refractivity (Wildman–Crippen MR) is 76.2 cm³/mol. The van der Waals surface area contributed by atoms with Gasteiger partial charge in [-0.05, 0) is 47.0 Å². The van der Waals surface area contributed by atoms with Gasteiger partial charge in [-0.25, -0.2) is 0 Å². The molecule has 2 aromatic carbocycles. The molecule has 1 aliphatic rings. The Kier molecular flexibility index (Phi) is 2.97. The minimum atomic E-state index is 0.397. The third kappa shape index (κ3) is 2.20. The molecule has 0 radical (unpaired) electrons. The van der Waals surface area contributed by atoms with Gasteiger partial charge in [-0.2, -0.15) is 0 Å². The van der Waals surface area contributed by atoms with Crippen LogP contribution in [0.3, 0.4) is 0 Å². The van der Waals surface area contributed by atoms with Gasteiger partial charge in [0.2, 0.25) is 0 Å². The van der Waals surface area contributed by atoms with Crippen molar-refractivity contribution in [3.8, 4) is 5.75 Å². The fraction of sp³-hybridized carbons (Fsp3) is 0.125. The monoisotopic (exact) mass is 252 g/mol. The predicted octanol–water partition coefficient (Wildman–Crippen LogP) is 3.51. The number of hydrogen-bond donors (Lipinski definition) is 0. The van der Waals surface area contributed by atoms with E-state index < -0.39 is 0 Å². The number of hydrogen-bond acceptors (Lipinski definition) is 3. The maximum atomic E-state index is 12.1. The lowest BCUT2D eigenvalue weighted by atomic mass is 9.99. The van der Waals surface area contributed by atoms with Crippen molar-refractivity contribution in [1.29, 1.82) is 0 Å². The van der Waals surface area contributed by atoms with Crippen LogP contribution >= 0.6 is 0 Å². The molecule has 0 saturated carbocycles. The van der Waals surface area contributed by atoms with Crippen LogP contribution in [0.25, 0.3) is 11.8 Å². The van der Waals surface area contributed by atoms with E-state index in [1.807, 2.05) is 54.6 Å². The summed E-state index contributed by atoms with van der Waals surface area (Å²) in [5, 5.41) is 13.2. The molecular formula is C16H14NO2-. The van der Waals surface area contributed by atoms with Gasteiger partial charge >= 0.3 is 0 Å². The SMILES string of the molecule is COc1ccc(C2=Cc3ccccc3CN2[O-])cc1. The van der Waals surface area contributed by atoms with Gasteiger partial charge in [-0.1, -0.05) is 24.3 Å². The zero-order valence-electron chi connectivity index (χ0n) is 10.7. The van der Waals surface area contributed by atoms with E-state index in [9.17, 15) is 5.21 Å². The van der Waals surface area contributed by atoms with E-state index in [0.717, 1.165) is 27.5 Å². The normalized spacial score (nSPS) is 13.8. The van der Waals surface area contributed by atoms with Crippen LogP contribution in [0.4, 0.5) is 0 Å². The van der Waals surface area contributed by atoms with Gasteiger partial charge in [0.1, 0.15) is 5.75 Å². The van der Waals surface area contributed by atoms with Crippen molar-refractivity contribution in [2.45, 2.75) is 6.54 Å². The average Bonchev–Trinajstić information content (AvgIpc) is 2.47. The van der Waals surface area contributed by atoms with Crippen LogP contribution in [0.2, 0.25) is 0 Å². The van der Waals surface area contributed by atoms with Crippen molar-refractivity contribution in [3.05, 3.63) is 70.4 Å². The van der Waals surface area contributed by atoms with Crippen molar-refractivity contribution in [3.63, 3.8) is 0 Å². The summed E-state index contributed by atoms with van der Waals surface area (Å²) in [5.41, 5.74) is 3.78. The number of rotatable bonds is 2. The molecule has 3 heteroatoms. The van der Waals surface area contributed by atoms with Crippen molar-refractivity contribution >= 4 is 11.8 Å². The highest BCUT2D eigenvalue weighted by molar-refractivity contribution is 5.83. The Balaban J connectivity index is 2.01. The topological polar surface area (TPSA) is 35.5 Å². The van der Waals surface area contributed by atoms with Crippen LogP contribution < -0.4 is 4.74 Å². The van der Waals surface area contributed by atoms with Gasteiger partial charge in [-0.15, -0.1) is 0 Å². The molecule has 19 heavy (non-hydrogen) atoms. The molecule has 1 aliphatic heterocycles. The second kappa shape index (κ2) is 4.78. The summed E-state index contributed by atoms with van der Waals surface area (Å²) in [6, 6.07) is 15.5. The maximum absolute atomic E-state index is 12.1. The highest BCUT2D eigenvalue weighted by Gasteiger charge is 2.12. The van der Waals surface area contributed by atoms with Gasteiger partial charge < -0.3 is 15.0 Å². The van der Waals surface area contributed by atoms with E-state index in [0.29, 0.717) is 12.2 Å². The summed E-state index contributed by atoms with van der Waals surface area (Å²) < 4.78 is 5.13. The number of benzene rings is 2. The summed E-state index contributed by atoms with van der Waals surface area (Å²) in [6.45, 7) is 0.397. The van der Waals surface area contributed by atoms with Crippen molar-refractivity contribution in [2.24, 2.45) is 0 Å². The Hall–Kier alpha value is -2.26. The highest BCUT2D eigenvalue weighted by Crippen LogP contribution is 2.30. The summed E-state index contributed by atoms with van der Waals surface area (Å²) in [5.74, 6) is 0.790. The van der Waals surface area contributed by atoms with Crippen molar-refractivity contribution in [2.75, 3.05) is 7.11 Å². The number of nitrogens with zero attached hydrogens (tertiary/aromatic N) is 1. The highest BCUT2D eigenvalue weighted by atomic mass is 16.5. The largest absolute Gasteiger partial charge is 0.758 e. The molecule has 3 rings (SSSR count). The van der Waals surface area contributed by atoms with Gasteiger partial charge in [-0.3, -0.25) is 0 Å². The first-order valence-corrected chi connectivity index (χ1v) is 6.16. The third-order valence-electron chi connectivity index (χ3n) is 3.32. The molecule has 2 aromatic rings. The van der Waals surface area contributed by atoms with Crippen LogP contribution in [-0.2, 0) is 6.54 Å². The smallest absolute Gasteiger partial charge is 0.118 e. The fourth-order valence-corrected chi connectivity index (χ4v) is 2.27. The van der Waals surface area contributed by atoms with E-state index in [1.165, 1.54) is 0 Å². The molecule has 0 amide bonds. The molecular weight excluding hydrogens is 238 g/mol. The van der Waals surface area contributed by atoms with E-state index in [-0.39, 0.29) is 0 Å². The lowest BCUT2D eigenvalue weighted by Crippen LogP contribution is -2.18. The minimum Gasteiger partial charge on any atom is -0.758 e. The molecule has 0 aliphatic carbocycles. The Morgan fingerprint density at radius 1 is 1.05 bits per heavy atom. The average molecular weight is 252 g/mol. The zero-order valence-corrected chi connectivity index (χ0v) is 10.7.